The van der Waals surface area contributed by atoms with Gasteiger partial charge in [-0.15, -0.1) is 0 Å². The SMILES string of the molecule is Cc1cccc([C@@H](N)C(=O)O)c1Cl. The van der Waals surface area contributed by atoms with Gasteiger partial charge in [0.2, 0.25) is 0 Å². The Balaban J connectivity index is 3.15. The lowest BCUT2D eigenvalue weighted by molar-refractivity contribution is -0.138. The maximum Gasteiger partial charge on any atom is 0.325 e. The average Bonchev–Trinajstić information content (AvgIpc) is 2.08. The van der Waals surface area contributed by atoms with Crippen molar-refractivity contribution in [3.63, 3.8) is 0 Å². The van der Waals surface area contributed by atoms with Gasteiger partial charge in [-0.1, -0.05) is 29.8 Å². The van der Waals surface area contributed by atoms with Crippen LogP contribution in [0.5, 0.6) is 0 Å². The lowest BCUT2D eigenvalue weighted by atomic mass is 10.1. The number of aliphatic carboxylic acids is 1. The molecule has 1 aromatic rings. The summed E-state index contributed by atoms with van der Waals surface area (Å²) in [5.74, 6) is -1.08. The molecular weight excluding hydrogens is 190 g/mol. The van der Waals surface area contributed by atoms with Gasteiger partial charge in [-0.25, -0.2) is 0 Å². The molecule has 0 spiro atoms. The summed E-state index contributed by atoms with van der Waals surface area (Å²) < 4.78 is 0. The average molecular weight is 200 g/mol. The van der Waals surface area contributed by atoms with Crippen molar-refractivity contribution in [2.24, 2.45) is 5.73 Å². The van der Waals surface area contributed by atoms with Crippen molar-refractivity contribution in [2.75, 3.05) is 0 Å². The molecule has 0 aliphatic carbocycles. The Morgan fingerprint density at radius 1 is 1.62 bits per heavy atom. The second kappa shape index (κ2) is 3.77. The van der Waals surface area contributed by atoms with Gasteiger partial charge in [-0.3, -0.25) is 4.79 Å². The Hall–Kier alpha value is -1.06. The van der Waals surface area contributed by atoms with E-state index in [1.807, 2.05) is 0 Å². The molecule has 13 heavy (non-hydrogen) atoms. The van der Waals surface area contributed by atoms with Gasteiger partial charge in [0.15, 0.2) is 0 Å². The first kappa shape index (κ1) is 10.0. The van der Waals surface area contributed by atoms with Gasteiger partial charge in [0.1, 0.15) is 6.04 Å². The number of carboxylic acid groups (broad SMARTS) is 1. The van der Waals surface area contributed by atoms with Crippen LogP contribution in [-0.2, 0) is 4.79 Å². The fraction of sp³-hybridized carbons (Fsp3) is 0.222. The number of nitrogens with two attached hydrogens (primary N) is 1. The van der Waals surface area contributed by atoms with E-state index in [-0.39, 0.29) is 0 Å². The number of carboxylic acids is 1. The van der Waals surface area contributed by atoms with E-state index < -0.39 is 12.0 Å². The summed E-state index contributed by atoms with van der Waals surface area (Å²) >= 11 is 5.89. The number of hydrogen-bond acceptors (Lipinski definition) is 2. The van der Waals surface area contributed by atoms with E-state index in [2.05, 4.69) is 0 Å². The zero-order valence-electron chi connectivity index (χ0n) is 7.12. The highest BCUT2D eigenvalue weighted by Crippen LogP contribution is 2.24. The molecule has 70 valence electrons. The summed E-state index contributed by atoms with van der Waals surface area (Å²) in [5.41, 5.74) is 6.71. The molecular formula is C9H10ClNO2. The smallest absolute Gasteiger partial charge is 0.325 e. The van der Waals surface area contributed by atoms with Crippen LogP contribution >= 0.6 is 11.6 Å². The topological polar surface area (TPSA) is 63.3 Å². The molecule has 0 aromatic heterocycles. The minimum absolute atomic E-state index is 0.428. The zero-order chi connectivity index (χ0) is 10.0. The molecule has 1 atom stereocenters. The van der Waals surface area contributed by atoms with Crippen LogP contribution in [0.15, 0.2) is 18.2 Å². The van der Waals surface area contributed by atoms with Crippen LogP contribution in [-0.4, -0.2) is 11.1 Å². The van der Waals surface area contributed by atoms with Crippen molar-refractivity contribution in [2.45, 2.75) is 13.0 Å². The standard InChI is InChI=1S/C9H10ClNO2/c1-5-3-2-4-6(7(5)10)8(11)9(12)13/h2-4,8H,11H2,1H3,(H,12,13)/t8-/m1/s1. The van der Waals surface area contributed by atoms with Crippen LogP contribution in [0.2, 0.25) is 5.02 Å². The number of benzene rings is 1. The molecule has 3 nitrogen and oxygen atoms in total. The van der Waals surface area contributed by atoms with Gasteiger partial charge < -0.3 is 10.8 Å². The monoisotopic (exact) mass is 199 g/mol. The molecule has 0 fully saturated rings. The number of carbonyl (C=O) groups is 1. The largest absolute Gasteiger partial charge is 0.480 e. The third-order valence-electron chi connectivity index (χ3n) is 1.82. The van der Waals surface area contributed by atoms with Gasteiger partial charge >= 0.3 is 5.97 Å². The Labute approximate surface area is 81.1 Å². The van der Waals surface area contributed by atoms with Crippen LogP contribution in [0, 0.1) is 6.92 Å². The number of halogens is 1. The van der Waals surface area contributed by atoms with E-state index in [4.69, 9.17) is 22.4 Å². The second-order valence-corrected chi connectivity index (χ2v) is 3.17. The van der Waals surface area contributed by atoms with Gasteiger partial charge in [0.25, 0.3) is 0 Å². The highest BCUT2D eigenvalue weighted by molar-refractivity contribution is 6.32. The van der Waals surface area contributed by atoms with Crippen LogP contribution in [0.4, 0.5) is 0 Å². The van der Waals surface area contributed by atoms with Crippen molar-refractivity contribution < 1.29 is 9.90 Å². The molecule has 0 aliphatic heterocycles. The van der Waals surface area contributed by atoms with Crippen LogP contribution < -0.4 is 5.73 Å². The van der Waals surface area contributed by atoms with Crippen molar-refractivity contribution in [3.8, 4) is 0 Å². The normalized spacial score (nSPS) is 12.5. The predicted molar refractivity (Wildman–Crippen MR) is 50.8 cm³/mol. The highest BCUT2D eigenvalue weighted by atomic mass is 35.5. The molecule has 0 radical (unpaired) electrons. The molecule has 0 amide bonds. The van der Waals surface area contributed by atoms with Gasteiger partial charge in [0, 0.05) is 5.02 Å². The van der Waals surface area contributed by atoms with Gasteiger partial charge in [0.05, 0.1) is 0 Å². The molecule has 0 aliphatic rings. The molecule has 0 saturated carbocycles. The summed E-state index contributed by atoms with van der Waals surface area (Å²) in [6.45, 7) is 1.81. The summed E-state index contributed by atoms with van der Waals surface area (Å²) in [5, 5.41) is 9.10. The Kier molecular flexibility index (Phi) is 2.90. The van der Waals surface area contributed by atoms with Gasteiger partial charge in [-0.05, 0) is 18.1 Å². The van der Waals surface area contributed by atoms with Crippen molar-refractivity contribution >= 4 is 17.6 Å². The van der Waals surface area contributed by atoms with Crippen molar-refractivity contribution in [3.05, 3.63) is 34.3 Å². The van der Waals surface area contributed by atoms with E-state index in [1.165, 1.54) is 0 Å². The van der Waals surface area contributed by atoms with Crippen LogP contribution in [0.25, 0.3) is 0 Å². The van der Waals surface area contributed by atoms with Gasteiger partial charge in [-0.2, -0.15) is 0 Å². The molecule has 0 heterocycles. The Morgan fingerprint density at radius 3 is 2.77 bits per heavy atom. The molecule has 4 heteroatoms. The predicted octanol–water partition coefficient (Wildman–Crippen LogP) is 1.73. The highest BCUT2D eigenvalue weighted by Gasteiger charge is 2.17. The Morgan fingerprint density at radius 2 is 2.23 bits per heavy atom. The van der Waals surface area contributed by atoms with E-state index >= 15 is 0 Å². The molecule has 0 unspecified atom stereocenters. The van der Waals surface area contributed by atoms with Crippen LogP contribution in [0.1, 0.15) is 17.2 Å². The summed E-state index contributed by atoms with van der Waals surface area (Å²) in [6, 6.07) is 4.11. The van der Waals surface area contributed by atoms with E-state index in [0.717, 1.165) is 5.56 Å². The minimum atomic E-state index is -1.08. The molecule has 0 bridgehead atoms. The van der Waals surface area contributed by atoms with E-state index in [1.54, 1.807) is 25.1 Å². The summed E-state index contributed by atoms with van der Waals surface area (Å²) in [6.07, 6.45) is 0. The zero-order valence-corrected chi connectivity index (χ0v) is 7.88. The summed E-state index contributed by atoms with van der Waals surface area (Å²) in [7, 11) is 0. The number of rotatable bonds is 2. The maximum absolute atomic E-state index is 10.6. The first-order valence-corrected chi connectivity index (χ1v) is 4.15. The Bertz CT molecular complexity index is 338. The van der Waals surface area contributed by atoms with Crippen LogP contribution in [0.3, 0.4) is 0 Å². The van der Waals surface area contributed by atoms with E-state index in [9.17, 15) is 4.79 Å². The minimum Gasteiger partial charge on any atom is -0.480 e. The maximum atomic E-state index is 10.6. The first-order chi connectivity index (χ1) is 6.04. The lowest BCUT2D eigenvalue weighted by Gasteiger charge is -2.10. The summed E-state index contributed by atoms with van der Waals surface area (Å²) in [4.78, 5) is 10.6. The number of hydrogen-bond donors (Lipinski definition) is 2. The third-order valence-corrected chi connectivity index (χ3v) is 2.34. The molecule has 1 rings (SSSR count). The number of aryl methyl sites for hydroxylation is 1. The molecule has 3 N–H and O–H groups in total. The molecule has 0 saturated heterocycles. The molecule has 1 aromatic carbocycles. The third kappa shape index (κ3) is 1.99. The lowest BCUT2D eigenvalue weighted by Crippen LogP contribution is -2.21. The fourth-order valence-electron chi connectivity index (χ4n) is 1.04. The quantitative estimate of drug-likeness (QED) is 0.763. The first-order valence-electron chi connectivity index (χ1n) is 3.77. The fourth-order valence-corrected chi connectivity index (χ4v) is 1.29. The van der Waals surface area contributed by atoms with Crippen molar-refractivity contribution in [1.82, 2.24) is 0 Å². The van der Waals surface area contributed by atoms with Crippen molar-refractivity contribution in [1.29, 1.82) is 0 Å². The second-order valence-electron chi connectivity index (χ2n) is 2.79. The van der Waals surface area contributed by atoms with E-state index in [0.29, 0.717) is 10.6 Å².